The van der Waals surface area contributed by atoms with Gasteiger partial charge in [0.25, 0.3) is 0 Å². The van der Waals surface area contributed by atoms with E-state index in [0.29, 0.717) is 52.2 Å². The largest absolute Gasteiger partial charge is 0.309 e. The number of nitrogens with one attached hydrogen (secondary N) is 1. The van der Waals surface area contributed by atoms with E-state index in [0.717, 1.165) is 12.2 Å². The Morgan fingerprint density at radius 2 is 1.88 bits per heavy atom. The minimum Gasteiger partial charge on any atom is -0.309 e. The summed E-state index contributed by atoms with van der Waals surface area (Å²) >= 11 is 12.3. The Bertz CT molecular complexity index is 1150. The lowest BCUT2D eigenvalue weighted by Gasteiger charge is -2.24. The maximum Gasteiger partial charge on any atom is 0.195 e. The van der Waals surface area contributed by atoms with Gasteiger partial charge in [0.2, 0.25) is 0 Å². The molecule has 1 N–H and O–H groups in total. The lowest BCUT2D eigenvalue weighted by Crippen LogP contribution is -2.25. The van der Waals surface area contributed by atoms with Gasteiger partial charge in [-0.2, -0.15) is 0 Å². The van der Waals surface area contributed by atoms with Gasteiger partial charge in [-0.15, -0.1) is 22.5 Å². The third-order valence-electron chi connectivity index (χ3n) is 5.31. The first-order valence-corrected chi connectivity index (χ1v) is 11.5. The van der Waals surface area contributed by atoms with E-state index in [1.54, 1.807) is 24.3 Å². The molecule has 0 aliphatic carbocycles. The molecule has 3 rings (SSSR count). The van der Waals surface area contributed by atoms with Crippen molar-refractivity contribution in [1.29, 1.82) is 0 Å². The lowest BCUT2D eigenvalue weighted by molar-refractivity contribution is 0.103. The molecular weight excluding hydrogens is 457 g/mol. The zero-order valence-electron chi connectivity index (χ0n) is 19.0. The number of carbonyl (C=O) groups excluding carboxylic acids is 1. The van der Waals surface area contributed by atoms with Gasteiger partial charge in [-0.1, -0.05) is 42.3 Å². The van der Waals surface area contributed by atoms with E-state index < -0.39 is 0 Å². The van der Waals surface area contributed by atoms with Crippen LogP contribution in [0.15, 0.2) is 42.5 Å². The number of halogens is 2. The molecule has 0 aliphatic rings. The molecule has 1 unspecified atom stereocenters. The maximum atomic E-state index is 13.5. The Balaban J connectivity index is 2.14. The fourth-order valence-electron chi connectivity index (χ4n) is 3.76. The molecule has 0 fully saturated rings. The zero-order chi connectivity index (χ0) is 24.0. The van der Waals surface area contributed by atoms with Crippen molar-refractivity contribution < 1.29 is 4.79 Å². The van der Waals surface area contributed by atoms with Gasteiger partial charge in [0.1, 0.15) is 0 Å². The van der Waals surface area contributed by atoms with E-state index in [1.807, 2.05) is 36.9 Å². The fourth-order valence-corrected chi connectivity index (χ4v) is 4.29. The second kappa shape index (κ2) is 11.4. The average Bonchev–Trinajstić information content (AvgIpc) is 3.19. The van der Waals surface area contributed by atoms with Crippen LogP contribution in [0, 0.1) is 12.3 Å². The number of carbonyl (C=O) groups is 1. The van der Waals surface area contributed by atoms with Gasteiger partial charge in [-0.25, -0.2) is 0 Å². The first-order chi connectivity index (χ1) is 15.9. The van der Waals surface area contributed by atoms with Crippen molar-refractivity contribution in [3.63, 3.8) is 0 Å². The van der Waals surface area contributed by atoms with Crippen LogP contribution >= 0.6 is 23.2 Å². The molecule has 0 saturated heterocycles. The summed E-state index contributed by atoms with van der Waals surface area (Å²) in [4.78, 5) is 15.6. The molecule has 1 atom stereocenters. The van der Waals surface area contributed by atoms with Crippen molar-refractivity contribution in [3.8, 4) is 18.0 Å². The lowest BCUT2D eigenvalue weighted by atomic mass is 10.0. The van der Waals surface area contributed by atoms with E-state index in [4.69, 9.17) is 29.6 Å². The topological polar surface area (TPSA) is 63.1 Å². The number of para-hydroxylation sites is 1. The van der Waals surface area contributed by atoms with Gasteiger partial charge in [0.15, 0.2) is 17.4 Å². The second-order valence-corrected chi connectivity index (χ2v) is 8.71. The molecule has 2 aromatic carbocycles. The van der Waals surface area contributed by atoms with Crippen molar-refractivity contribution in [1.82, 2.24) is 25.0 Å². The summed E-state index contributed by atoms with van der Waals surface area (Å²) in [5.74, 6) is 3.90. The van der Waals surface area contributed by atoms with E-state index in [-0.39, 0.29) is 11.8 Å². The Morgan fingerprint density at radius 1 is 1.18 bits per heavy atom. The number of benzene rings is 2. The van der Waals surface area contributed by atoms with Gasteiger partial charge >= 0.3 is 0 Å². The van der Waals surface area contributed by atoms with Crippen molar-refractivity contribution in [2.24, 2.45) is 0 Å². The molecule has 0 spiro atoms. The Kier molecular flexibility index (Phi) is 8.65. The summed E-state index contributed by atoms with van der Waals surface area (Å²) < 4.78 is 1.97. The Hall–Kier alpha value is -2.69. The van der Waals surface area contributed by atoms with Gasteiger partial charge in [0.05, 0.1) is 18.3 Å². The van der Waals surface area contributed by atoms with Crippen LogP contribution in [0.4, 0.5) is 0 Å². The number of hydrogen-bond donors (Lipinski definition) is 1. The summed E-state index contributed by atoms with van der Waals surface area (Å²) in [7, 11) is 4.01. The van der Waals surface area contributed by atoms with Gasteiger partial charge < -0.3 is 5.32 Å². The van der Waals surface area contributed by atoms with Gasteiger partial charge in [-0.3, -0.25) is 14.3 Å². The zero-order valence-corrected chi connectivity index (χ0v) is 20.5. The van der Waals surface area contributed by atoms with Crippen LogP contribution in [0.2, 0.25) is 10.0 Å². The number of rotatable bonds is 10. The average molecular weight is 484 g/mol. The van der Waals surface area contributed by atoms with Crippen LogP contribution < -0.4 is 5.32 Å². The predicted molar refractivity (Wildman–Crippen MR) is 133 cm³/mol. The molecule has 1 aromatic heterocycles. The van der Waals surface area contributed by atoms with E-state index in [2.05, 4.69) is 33.3 Å². The Labute approximate surface area is 204 Å². The SMILES string of the molecule is C#CCCNCc1nnc(C(CC)N(C)C)n1-c1ccccc1C(=O)c1cc(Cl)cc(Cl)c1. The molecule has 1 heterocycles. The van der Waals surface area contributed by atoms with Crippen molar-refractivity contribution in [2.75, 3.05) is 20.6 Å². The molecule has 0 radical (unpaired) electrons. The molecule has 0 amide bonds. The highest BCUT2D eigenvalue weighted by Crippen LogP contribution is 2.28. The normalized spacial score (nSPS) is 12.0. The van der Waals surface area contributed by atoms with Crippen LogP contribution in [0.25, 0.3) is 5.69 Å². The minimum atomic E-state index is -0.182. The summed E-state index contributed by atoms with van der Waals surface area (Å²) in [6, 6.07) is 12.3. The molecule has 0 aliphatic heterocycles. The fraction of sp³-hybridized carbons (Fsp3) is 0.320. The molecular formula is C25H27Cl2N5O. The van der Waals surface area contributed by atoms with Crippen molar-refractivity contribution >= 4 is 29.0 Å². The quantitative estimate of drug-likeness (QED) is 0.251. The monoisotopic (exact) mass is 483 g/mol. The van der Waals surface area contributed by atoms with Gasteiger partial charge in [-0.05, 0) is 50.8 Å². The van der Waals surface area contributed by atoms with Crippen molar-refractivity contribution in [3.05, 3.63) is 75.3 Å². The third kappa shape index (κ3) is 5.82. The highest BCUT2D eigenvalue weighted by Gasteiger charge is 2.25. The standard InChI is InChI=1S/C25H27Cl2N5O/c1-5-7-12-28-16-23-29-30-25(21(6-2)31(3)4)32(23)22-11-9-8-10-20(22)24(33)17-13-18(26)15-19(27)14-17/h1,8-11,13-15,21,28H,6-7,12,16H2,2-4H3. The van der Waals surface area contributed by atoms with Crippen LogP contribution in [0.5, 0.6) is 0 Å². The van der Waals surface area contributed by atoms with Crippen LogP contribution in [-0.2, 0) is 6.54 Å². The minimum absolute atomic E-state index is 0.0146. The van der Waals surface area contributed by atoms with E-state index in [9.17, 15) is 4.79 Å². The molecule has 3 aromatic rings. The Morgan fingerprint density at radius 3 is 2.52 bits per heavy atom. The number of ketones is 1. The molecule has 6 nitrogen and oxygen atoms in total. The summed E-state index contributed by atoms with van der Waals surface area (Å²) in [6.07, 6.45) is 6.81. The van der Waals surface area contributed by atoms with Crippen LogP contribution in [0.1, 0.15) is 53.4 Å². The summed E-state index contributed by atoms with van der Waals surface area (Å²) in [6.45, 7) is 3.22. The first-order valence-electron chi connectivity index (χ1n) is 10.7. The molecule has 0 bridgehead atoms. The number of aromatic nitrogens is 3. The van der Waals surface area contributed by atoms with Crippen LogP contribution in [-0.4, -0.2) is 46.1 Å². The van der Waals surface area contributed by atoms with Crippen LogP contribution in [0.3, 0.4) is 0 Å². The summed E-state index contributed by atoms with van der Waals surface area (Å²) in [5.41, 5.74) is 1.63. The van der Waals surface area contributed by atoms with Gasteiger partial charge in [0, 0.05) is 34.1 Å². The summed E-state index contributed by atoms with van der Waals surface area (Å²) in [5, 5.41) is 13.1. The second-order valence-electron chi connectivity index (χ2n) is 7.83. The number of hydrogen-bond acceptors (Lipinski definition) is 5. The van der Waals surface area contributed by atoms with E-state index >= 15 is 0 Å². The maximum absolute atomic E-state index is 13.5. The smallest absolute Gasteiger partial charge is 0.195 e. The highest BCUT2D eigenvalue weighted by atomic mass is 35.5. The van der Waals surface area contributed by atoms with E-state index in [1.165, 1.54) is 0 Å². The van der Waals surface area contributed by atoms with Crippen molar-refractivity contribution in [2.45, 2.75) is 32.4 Å². The third-order valence-corrected chi connectivity index (χ3v) is 5.74. The predicted octanol–water partition coefficient (Wildman–Crippen LogP) is 4.93. The number of terminal acetylenes is 1. The molecule has 8 heteroatoms. The molecule has 172 valence electrons. The number of nitrogens with zero attached hydrogens (tertiary/aromatic N) is 4. The first kappa shape index (κ1) is 24.9. The highest BCUT2D eigenvalue weighted by molar-refractivity contribution is 6.35. The molecule has 0 saturated carbocycles. The molecule has 33 heavy (non-hydrogen) atoms.